The number of ether oxygens (including phenoxy) is 1. The zero-order chi connectivity index (χ0) is 17.0. The van der Waals surface area contributed by atoms with Crippen LogP contribution in [0.4, 0.5) is 0 Å². The minimum Gasteiger partial charge on any atom is -0.370 e. The molecular formula is C17H24Cl2N2O2. The summed E-state index contributed by atoms with van der Waals surface area (Å²) in [5.74, 6) is 0.123. The summed E-state index contributed by atoms with van der Waals surface area (Å²) in [4.78, 5) is 14.8. The predicted molar refractivity (Wildman–Crippen MR) is 93.8 cm³/mol. The number of carbonyl (C=O) groups is 1. The van der Waals surface area contributed by atoms with Crippen LogP contribution in [-0.2, 0) is 9.53 Å². The van der Waals surface area contributed by atoms with Gasteiger partial charge in [0.05, 0.1) is 28.6 Å². The minimum absolute atomic E-state index is 0.123. The molecule has 0 spiro atoms. The Balaban J connectivity index is 2.17. The maximum atomic E-state index is 13.0. The molecule has 6 heteroatoms. The van der Waals surface area contributed by atoms with Gasteiger partial charge in [0.25, 0.3) is 0 Å². The number of rotatable bonds is 5. The molecule has 1 fully saturated rings. The third-order valence-electron chi connectivity index (χ3n) is 4.87. The Hall–Kier alpha value is -0.810. The number of nitrogens with zero attached hydrogens (tertiary/aromatic N) is 1. The Morgan fingerprint density at radius 1 is 1.35 bits per heavy atom. The normalized spacial score (nSPS) is 19.0. The number of hydrogen-bond donors (Lipinski definition) is 1. The molecule has 2 N–H and O–H groups in total. The number of morpholine rings is 1. The summed E-state index contributed by atoms with van der Waals surface area (Å²) in [6.45, 7) is 6.02. The van der Waals surface area contributed by atoms with E-state index in [1.807, 2.05) is 24.8 Å². The second-order valence-electron chi connectivity index (χ2n) is 5.98. The van der Waals surface area contributed by atoms with Gasteiger partial charge < -0.3 is 15.4 Å². The summed E-state index contributed by atoms with van der Waals surface area (Å²) in [5.41, 5.74) is 6.37. The molecule has 0 aliphatic carbocycles. The lowest BCUT2D eigenvalue weighted by Crippen LogP contribution is -2.51. The predicted octanol–water partition coefficient (Wildman–Crippen LogP) is 3.66. The summed E-state index contributed by atoms with van der Waals surface area (Å²) < 4.78 is 5.83. The highest BCUT2D eigenvalue weighted by atomic mass is 35.5. The van der Waals surface area contributed by atoms with Crippen LogP contribution in [-0.4, -0.2) is 37.0 Å². The molecule has 0 radical (unpaired) electrons. The quantitative estimate of drug-likeness (QED) is 0.873. The van der Waals surface area contributed by atoms with E-state index in [1.165, 1.54) is 0 Å². The van der Waals surface area contributed by atoms with E-state index in [0.717, 1.165) is 18.4 Å². The van der Waals surface area contributed by atoms with Gasteiger partial charge in [-0.15, -0.1) is 0 Å². The molecule has 1 aromatic carbocycles. The molecule has 1 aliphatic rings. The average Bonchev–Trinajstić information content (AvgIpc) is 2.59. The van der Waals surface area contributed by atoms with Gasteiger partial charge in [0, 0.05) is 13.1 Å². The minimum atomic E-state index is -0.473. The van der Waals surface area contributed by atoms with Crippen molar-refractivity contribution in [1.82, 2.24) is 4.90 Å². The number of benzene rings is 1. The van der Waals surface area contributed by atoms with Crippen LogP contribution in [0.2, 0.25) is 10.0 Å². The van der Waals surface area contributed by atoms with Crippen molar-refractivity contribution in [2.45, 2.75) is 32.8 Å². The molecule has 2 rings (SSSR count). The van der Waals surface area contributed by atoms with Crippen molar-refractivity contribution < 1.29 is 9.53 Å². The molecule has 1 saturated heterocycles. The van der Waals surface area contributed by atoms with Crippen molar-refractivity contribution in [3.8, 4) is 0 Å². The third-order valence-corrected chi connectivity index (χ3v) is 5.61. The van der Waals surface area contributed by atoms with Crippen LogP contribution < -0.4 is 5.73 Å². The van der Waals surface area contributed by atoms with Crippen LogP contribution in [0, 0.1) is 5.41 Å². The first-order chi connectivity index (χ1) is 11.0. The zero-order valence-electron chi connectivity index (χ0n) is 13.6. The molecule has 0 bridgehead atoms. The molecule has 0 saturated carbocycles. The average molecular weight is 359 g/mol. The van der Waals surface area contributed by atoms with E-state index in [1.54, 1.807) is 12.1 Å². The Morgan fingerprint density at radius 3 is 2.61 bits per heavy atom. The zero-order valence-corrected chi connectivity index (χ0v) is 15.2. The van der Waals surface area contributed by atoms with Crippen molar-refractivity contribution in [3.63, 3.8) is 0 Å². The highest BCUT2D eigenvalue weighted by molar-refractivity contribution is 6.42. The highest BCUT2D eigenvalue weighted by Crippen LogP contribution is 2.32. The molecule has 4 nitrogen and oxygen atoms in total. The summed E-state index contributed by atoms with van der Waals surface area (Å²) in [7, 11) is 0. The van der Waals surface area contributed by atoms with Gasteiger partial charge in [-0.3, -0.25) is 4.79 Å². The Kier molecular flexibility index (Phi) is 6.32. The van der Waals surface area contributed by atoms with Crippen LogP contribution in [0.25, 0.3) is 0 Å². The lowest BCUT2D eigenvalue weighted by atomic mass is 9.80. The van der Waals surface area contributed by atoms with E-state index in [-0.39, 0.29) is 12.0 Å². The first kappa shape index (κ1) is 18.5. The molecule has 1 aliphatic heterocycles. The van der Waals surface area contributed by atoms with Crippen LogP contribution in [0.1, 0.15) is 38.4 Å². The summed E-state index contributed by atoms with van der Waals surface area (Å²) in [6.07, 6.45) is 1.30. The van der Waals surface area contributed by atoms with Crippen molar-refractivity contribution in [2.75, 3.05) is 26.2 Å². The molecule has 1 amide bonds. The standard InChI is InChI=1S/C17H24Cl2N2O2/c1-3-17(4-2,11-20)16(22)21-7-8-23-15(10-21)12-5-6-13(18)14(19)9-12/h5-6,9,15H,3-4,7-8,10-11,20H2,1-2H3. The van der Waals surface area contributed by atoms with Crippen molar-refractivity contribution in [2.24, 2.45) is 11.1 Å². The van der Waals surface area contributed by atoms with Gasteiger partial charge in [-0.25, -0.2) is 0 Å². The van der Waals surface area contributed by atoms with Crippen molar-refractivity contribution in [1.29, 1.82) is 0 Å². The van der Waals surface area contributed by atoms with Gasteiger partial charge >= 0.3 is 0 Å². The van der Waals surface area contributed by atoms with Crippen LogP contribution >= 0.6 is 23.2 Å². The van der Waals surface area contributed by atoms with E-state index in [4.69, 9.17) is 33.7 Å². The van der Waals surface area contributed by atoms with Crippen molar-refractivity contribution >= 4 is 29.1 Å². The molecule has 1 heterocycles. The molecule has 128 valence electrons. The topological polar surface area (TPSA) is 55.6 Å². The first-order valence-corrected chi connectivity index (χ1v) is 8.79. The van der Waals surface area contributed by atoms with Crippen LogP contribution in [0.3, 0.4) is 0 Å². The van der Waals surface area contributed by atoms with E-state index >= 15 is 0 Å². The lowest BCUT2D eigenvalue weighted by molar-refractivity contribution is -0.150. The van der Waals surface area contributed by atoms with E-state index in [0.29, 0.717) is 36.3 Å². The van der Waals surface area contributed by atoms with Crippen molar-refractivity contribution in [3.05, 3.63) is 33.8 Å². The summed E-state index contributed by atoms with van der Waals surface area (Å²) in [5, 5.41) is 1.01. The largest absolute Gasteiger partial charge is 0.370 e. The molecular weight excluding hydrogens is 335 g/mol. The van der Waals surface area contributed by atoms with E-state index in [2.05, 4.69) is 0 Å². The first-order valence-electron chi connectivity index (χ1n) is 8.03. The number of carbonyl (C=O) groups excluding carboxylic acids is 1. The summed E-state index contributed by atoms with van der Waals surface area (Å²) in [6, 6.07) is 5.45. The molecule has 1 aromatic rings. The second-order valence-corrected chi connectivity index (χ2v) is 6.79. The molecule has 1 unspecified atom stereocenters. The fraction of sp³-hybridized carbons (Fsp3) is 0.588. The van der Waals surface area contributed by atoms with Gasteiger partial charge in [-0.2, -0.15) is 0 Å². The fourth-order valence-corrected chi connectivity index (χ4v) is 3.32. The Bertz CT molecular complexity index is 553. The van der Waals surface area contributed by atoms with Gasteiger partial charge in [-0.1, -0.05) is 43.1 Å². The Labute approximate surface area is 147 Å². The van der Waals surface area contributed by atoms with E-state index < -0.39 is 5.41 Å². The number of amides is 1. The molecule has 23 heavy (non-hydrogen) atoms. The molecule has 1 atom stereocenters. The maximum Gasteiger partial charge on any atom is 0.230 e. The van der Waals surface area contributed by atoms with Gasteiger partial charge in [0.2, 0.25) is 5.91 Å². The van der Waals surface area contributed by atoms with Gasteiger partial charge in [-0.05, 0) is 30.5 Å². The summed E-state index contributed by atoms with van der Waals surface area (Å²) >= 11 is 12.1. The fourth-order valence-electron chi connectivity index (χ4n) is 3.01. The van der Waals surface area contributed by atoms with Crippen LogP contribution in [0.15, 0.2) is 18.2 Å². The lowest BCUT2D eigenvalue weighted by Gasteiger charge is -2.39. The highest BCUT2D eigenvalue weighted by Gasteiger charge is 2.38. The monoisotopic (exact) mass is 358 g/mol. The molecule has 0 aromatic heterocycles. The SMILES string of the molecule is CCC(CC)(CN)C(=O)N1CCOC(c2ccc(Cl)c(Cl)c2)C1. The maximum absolute atomic E-state index is 13.0. The van der Waals surface area contributed by atoms with Crippen LogP contribution in [0.5, 0.6) is 0 Å². The third kappa shape index (κ3) is 3.82. The van der Waals surface area contributed by atoms with Gasteiger partial charge in [0.1, 0.15) is 6.10 Å². The number of nitrogens with two attached hydrogens (primary N) is 1. The number of hydrogen-bond acceptors (Lipinski definition) is 3. The second kappa shape index (κ2) is 7.84. The van der Waals surface area contributed by atoms with Gasteiger partial charge in [0.15, 0.2) is 0 Å². The smallest absolute Gasteiger partial charge is 0.230 e. The Morgan fingerprint density at radius 2 is 2.04 bits per heavy atom. The number of halogens is 2. The van der Waals surface area contributed by atoms with E-state index in [9.17, 15) is 4.79 Å².